The number of aliphatic carboxylic acids is 1. The summed E-state index contributed by atoms with van der Waals surface area (Å²) < 4.78 is 0. The highest BCUT2D eigenvalue weighted by molar-refractivity contribution is 5.94. The van der Waals surface area contributed by atoms with Crippen LogP contribution in [0.3, 0.4) is 0 Å². The standard InChI is InChI=1S/C14H18N2O3/c1-8-6-10(4-5-11(8)14(15)19)16-12(7-13(17)18)9-2-3-9/h4-6,9,12,16H,2-3,7H2,1H3,(H2,15,19)(H,17,18). The van der Waals surface area contributed by atoms with E-state index in [9.17, 15) is 9.59 Å². The van der Waals surface area contributed by atoms with Gasteiger partial charge in [-0.3, -0.25) is 9.59 Å². The largest absolute Gasteiger partial charge is 0.481 e. The molecule has 5 heteroatoms. The predicted octanol–water partition coefficient (Wildman–Crippen LogP) is 1.76. The van der Waals surface area contributed by atoms with Crippen molar-refractivity contribution in [3.05, 3.63) is 29.3 Å². The van der Waals surface area contributed by atoms with Gasteiger partial charge >= 0.3 is 5.97 Å². The Balaban J connectivity index is 2.11. The van der Waals surface area contributed by atoms with Crippen molar-refractivity contribution in [3.63, 3.8) is 0 Å². The van der Waals surface area contributed by atoms with Crippen LogP contribution in [-0.4, -0.2) is 23.0 Å². The van der Waals surface area contributed by atoms with E-state index in [-0.39, 0.29) is 12.5 Å². The number of nitrogens with two attached hydrogens (primary N) is 1. The zero-order valence-electron chi connectivity index (χ0n) is 10.8. The maximum absolute atomic E-state index is 11.1. The molecule has 1 atom stereocenters. The first-order valence-corrected chi connectivity index (χ1v) is 6.36. The first kappa shape index (κ1) is 13.4. The Labute approximate surface area is 111 Å². The fourth-order valence-corrected chi connectivity index (χ4v) is 2.27. The maximum Gasteiger partial charge on any atom is 0.305 e. The molecule has 1 aliphatic rings. The van der Waals surface area contributed by atoms with Gasteiger partial charge in [0.15, 0.2) is 0 Å². The Morgan fingerprint density at radius 3 is 2.63 bits per heavy atom. The van der Waals surface area contributed by atoms with E-state index < -0.39 is 11.9 Å². The number of benzene rings is 1. The van der Waals surface area contributed by atoms with Gasteiger partial charge in [0.25, 0.3) is 0 Å². The maximum atomic E-state index is 11.1. The first-order valence-electron chi connectivity index (χ1n) is 6.36. The van der Waals surface area contributed by atoms with E-state index in [1.54, 1.807) is 12.1 Å². The molecule has 0 saturated heterocycles. The minimum Gasteiger partial charge on any atom is -0.481 e. The lowest BCUT2D eigenvalue weighted by molar-refractivity contribution is -0.137. The highest BCUT2D eigenvalue weighted by Gasteiger charge is 2.32. The van der Waals surface area contributed by atoms with E-state index in [2.05, 4.69) is 5.32 Å². The van der Waals surface area contributed by atoms with Crippen LogP contribution in [0, 0.1) is 12.8 Å². The topological polar surface area (TPSA) is 92.4 Å². The number of amides is 1. The molecule has 0 spiro atoms. The molecule has 0 heterocycles. The average Bonchev–Trinajstić information content (AvgIpc) is 3.10. The predicted molar refractivity (Wildman–Crippen MR) is 72.1 cm³/mol. The molecule has 0 radical (unpaired) electrons. The summed E-state index contributed by atoms with van der Waals surface area (Å²) in [6, 6.07) is 5.23. The van der Waals surface area contributed by atoms with Gasteiger partial charge in [0.05, 0.1) is 6.42 Å². The van der Waals surface area contributed by atoms with Gasteiger partial charge in [0, 0.05) is 17.3 Å². The van der Waals surface area contributed by atoms with Crippen LogP contribution in [0.5, 0.6) is 0 Å². The van der Waals surface area contributed by atoms with Gasteiger partial charge < -0.3 is 16.2 Å². The van der Waals surface area contributed by atoms with Crippen molar-refractivity contribution in [2.45, 2.75) is 32.2 Å². The fourth-order valence-electron chi connectivity index (χ4n) is 2.27. The normalized spacial score (nSPS) is 15.8. The fraction of sp³-hybridized carbons (Fsp3) is 0.429. The molecule has 1 fully saturated rings. The van der Waals surface area contributed by atoms with Crippen molar-refractivity contribution >= 4 is 17.6 Å². The number of hydrogen-bond donors (Lipinski definition) is 3. The van der Waals surface area contributed by atoms with E-state index in [1.165, 1.54) is 0 Å². The number of primary amides is 1. The van der Waals surface area contributed by atoms with Crippen LogP contribution in [0.4, 0.5) is 5.69 Å². The highest BCUT2D eigenvalue weighted by Crippen LogP contribution is 2.35. The summed E-state index contributed by atoms with van der Waals surface area (Å²) in [6.45, 7) is 1.81. The number of carbonyl (C=O) groups excluding carboxylic acids is 1. The van der Waals surface area contributed by atoms with Gasteiger partial charge in [0.1, 0.15) is 0 Å². The second kappa shape index (κ2) is 5.30. The van der Waals surface area contributed by atoms with Crippen molar-refractivity contribution in [1.29, 1.82) is 0 Å². The number of aryl methyl sites for hydroxylation is 1. The van der Waals surface area contributed by atoms with Gasteiger partial charge in [-0.25, -0.2) is 0 Å². The number of rotatable bonds is 6. The SMILES string of the molecule is Cc1cc(NC(CC(=O)O)C2CC2)ccc1C(N)=O. The molecule has 0 bridgehead atoms. The van der Waals surface area contributed by atoms with Crippen molar-refractivity contribution in [1.82, 2.24) is 0 Å². The van der Waals surface area contributed by atoms with E-state index in [0.29, 0.717) is 11.5 Å². The monoisotopic (exact) mass is 262 g/mol. The summed E-state index contributed by atoms with van der Waals surface area (Å²) in [5, 5.41) is 12.2. The van der Waals surface area contributed by atoms with Crippen molar-refractivity contribution in [2.75, 3.05) is 5.32 Å². The lowest BCUT2D eigenvalue weighted by Gasteiger charge is -2.18. The van der Waals surface area contributed by atoms with Gasteiger partial charge in [-0.1, -0.05) is 0 Å². The minimum atomic E-state index is -0.796. The molecular formula is C14H18N2O3. The van der Waals surface area contributed by atoms with E-state index in [1.807, 2.05) is 13.0 Å². The van der Waals surface area contributed by atoms with E-state index in [4.69, 9.17) is 10.8 Å². The summed E-state index contributed by atoms with van der Waals surface area (Å²) in [5.74, 6) is -0.810. The number of hydrogen-bond acceptors (Lipinski definition) is 3. The Morgan fingerprint density at radius 1 is 1.47 bits per heavy atom. The molecule has 4 N–H and O–H groups in total. The molecule has 0 aromatic heterocycles. The number of carboxylic acid groups (broad SMARTS) is 1. The summed E-state index contributed by atoms with van der Waals surface area (Å²) in [5.41, 5.74) is 7.37. The lowest BCUT2D eigenvalue weighted by atomic mass is 10.1. The number of anilines is 1. The zero-order valence-corrected chi connectivity index (χ0v) is 10.8. The molecule has 102 valence electrons. The van der Waals surface area contributed by atoms with Crippen LogP contribution in [0.15, 0.2) is 18.2 Å². The smallest absolute Gasteiger partial charge is 0.305 e. The zero-order chi connectivity index (χ0) is 14.0. The van der Waals surface area contributed by atoms with E-state index >= 15 is 0 Å². The average molecular weight is 262 g/mol. The molecule has 1 unspecified atom stereocenters. The number of nitrogens with one attached hydrogen (secondary N) is 1. The van der Waals surface area contributed by atoms with Crippen LogP contribution in [0.25, 0.3) is 0 Å². The third kappa shape index (κ3) is 3.47. The van der Waals surface area contributed by atoms with Crippen LogP contribution < -0.4 is 11.1 Å². The Bertz CT molecular complexity index is 509. The molecule has 0 aliphatic heterocycles. The minimum absolute atomic E-state index is 0.0451. The molecule has 1 saturated carbocycles. The Hall–Kier alpha value is -2.04. The Kier molecular flexibility index (Phi) is 3.74. The summed E-state index contributed by atoms with van der Waals surface area (Å²) in [6.07, 6.45) is 2.26. The molecule has 1 aromatic rings. The molecule has 2 rings (SSSR count). The molecule has 5 nitrogen and oxygen atoms in total. The number of carbonyl (C=O) groups is 2. The Morgan fingerprint density at radius 2 is 2.16 bits per heavy atom. The van der Waals surface area contributed by atoms with Crippen molar-refractivity contribution < 1.29 is 14.7 Å². The summed E-state index contributed by atoms with van der Waals surface area (Å²) >= 11 is 0. The third-order valence-corrected chi connectivity index (χ3v) is 3.43. The summed E-state index contributed by atoms with van der Waals surface area (Å²) in [4.78, 5) is 22.0. The molecular weight excluding hydrogens is 244 g/mol. The van der Waals surface area contributed by atoms with Gasteiger partial charge in [-0.2, -0.15) is 0 Å². The molecule has 1 aliphatic carbocycles. The third-order valence-electron chi connectivity index (χ3n) is 3.43. The first-order chi connectivity index (χ1) is 8.97. The molecule has 19 heavy (non-hydrogen) atoms. The van der Waals surface area contributed by atoms with Gasteiger partial charge in [-0.15, -0.1) is 0 Å². The highest BCUT2D eigenvalue weighted by atomic mass is 16.4. The molecule has 1 aromatic carbocycles. The molecule has 1 amide bonds. The quantitative estimate of drug-likeness (QED) is 0.728. The summed E-state index contributed by atoms with van der Waals surface area (Å²) in [7, 11) is 0. The van der Waals surface area contributed by atoms with Crippen LogP contribution in [0.2, 0.25) is 0 Å². The van der Waals surface area contributed by atoms with Crippen molar-refractivity contribution in [3.8, 4) is 0 Å². The van der Waals surface area contributed by atoms with E-state index in [0.717, 1.165) is 24.1 Å². The van der Waals surface area contributed by atoms with Gasteiger partial charge in [-0.05, 0) is 49.4 Å². The second-order valence-corrected chi connectivity index (χ2v) is 5.08. The lowest BCUT2D eigenvalue weighted by Crippen LogP contribution is -2.25. The van der Waals surface area contributed by atoms with Crippen molar-refractivity contribution in [2.24, 2.45) is 11.7 Å². The van der Waals surface area contributed by atoms with Crippen LogP contribution in [0.1, 0.15) is 35.2 Å². The second-order valence-electron chi connectivity index (χ2n) is 5.08. The number of carboxylic acids is 1. The van der Waals surface area contributed by atoms with Crippen LogP contribution in [-0.2, 0) is 4.79 Å². The van der Waals surface area contributed by atoms with Crippen LogP contribution >= 0.6 is 0 Å². The van der Waals surface area contributed by atoms with Gasteiger partial charge in [0.2, 0.25) is 5.91 Å².